The summed E-state index contributed by atoms with van der Waals surface area (Å²) < 4.78 is 1.91. The van der Waals surface area contributed by atoms with Crippen LogP contribution in [0, 0.1) is 0 Å². The smallest absolute Gasteiger partial charge is 0.106 e. The highest BCUT2D eigenvalue weighted by molar-refractivity contribution is 9.10. The van der Waals surface area contributed by atoms with E-state index < -0.39 is 0 Å². The number of hydrogen-bond donors (Lipinski definition) is 1. The Labute approximate surface area is 106 Å². The van der Waals surface area contributed by atoms with Crippen molar-refractivity contribution in [3.63, 3.8) is 0 Å². The van der Waals surface area contributed by atoms with Gasteiger partial charge in [-0.15, -0.1) is 0 Å². The molecule has 0 aliphatic carbocycles. The highest BCUT2D eigenvalue weighted by Crippen LogP contribution is 2.20. The fraction of sp³-hybridized carbons (Fsp3) is 0.385. The standard InChI is InChI=1S/C13H19BrNO/c1-3-8-15(2,9-10-16)11-12-6-4-5-7-13(12)14/h3-7,16H,1,8-11H2,2H3/q+1/t15-/m0/s1. The van der Waals surface area contributed by atoms with E-state index in [4.69, 9.17) is 5.11 Å². The van der Waals surface area contributed by atoms with Crippen LogP contribution in [-0.4, -0.2) is 36.3 Å². The molecule has 0 bridgehead atoms. The molecule has 0 heterocycles. The van der Waals surface area contributed by atoms with Crippen LogP contribution in [0.1, 0.15) is 5.56 Å². The van der Waals surface area contributed by atoms with Crippen LogP contribution in [0.3, 0.4) is 0 Å². The molecule has 16 heavy (non-hydrogen) atoms. The third-order valence-electron chi connectivity index (χ3n) is 2.72. The summed E-state index contributed by atoms with van der Waals surface area (Å²) in [4.78, 5) is 0. The van der Waals surface area contributed by atoms with E-state index in [0.29, 0.717) is 0 Å². The Bertz CT molecular complexity index is 354. The number of halogens is 1. The average molecular weight is 285 g/mol. The van der Waals surface area contributed by atoms with Crippen molar-refractivity contribution in [2.24, 2.45) is 0 Å². The maximum atomic E-state index is 9.11. The molecule has 0 aromatic heterocycles. The van der Waals surface area contributed by atoms with Gasteiger partial charge in [-0.2, -0.15) is 0 Å². The molecular weight excluding hydrogens is 266 g/mol. The van der Waals surface area contributed by atoms with Gasteiger partial charge in [-0.3, -0.25) is 0 Å². The maximum absolute atomic E-state index is 9.11. The van der Waals surface area contributed by atoms with Crippen molar-refractivity contribution in [3.05, 3.63) is 47.0 Å². The van der Waals surface area contributed by atoms with E-state index in [9.17, 15) is 0 Å². The fourth-order valence-electron chi connectivity index (χ4n) is 1.83. The molecule has 0 fully saturated rings. The average Bonchev–Trinajstić information content (AvgIpc) is 2.22. The normalized spacial score (nSPS) is 14.4. The SMILES string of the molecule is C=CC[N@@+](C)(CCO)Cc1ccccc1Br. The van der Waals surface area contributed by atoms with E-state index in [1.807, 2.05) is 24.3 Å². The first-order chi connectivity index (χ1) is 7.61. The van der Waals surface area contributed by atoms with Gasteiger partial charge in [0, 0.05) is 10.0 Å². The van der Waals surface area contributed by atoms with Crippen molar-refractivity contribution in [1.82, 2.24) is 0 Å². The van der Waals surface area contributed by atoms with Crippen LogP contribution >= 0.6 is 15.9 Å². The lowest BCUT2D eigenvalue weighted by Crippen LogP contribution is -2.45. The van der Waals surface area contributed by atoms with Gasteiger partial charge in [0.2, 0.25) is 0 Å². The van der Waals surface area contributed by atoms with Crippen LogP contribution in [0.4, 0.5) is 0 Å². The number of nitrogens with zero attached hydrogens (tertiary/aromatic N) is 1. The molecule has 1 aromatic carbocycles. The summed E-state index contributed by atoms with van der Waals surface area (Å²) in [7, 11) is 2.14. The molecule has 0 amide bonds. The van der Waals surface area contributed by atoms with Gasteiger partial charge in [0.25, 0.3) is 0 Å². The topological polar surface area (TPSA) is 20.2 Å². The lowest BCUT2D eigenvalue weighted by atomic mass is 10.2. The zero-order chi connectivity index (χ0) is 12.0. The van der Waals surface area contributed by atoms with Gasteiger partial charge in [0.05, 0.1) is 20.2 Å². The summed E-state index contributed by atoms with van der Waals surface area (Å²) in [6, 6.07) is 8.21. The summed E-state index contributed by atoms with van der Waals surface area (Å²) in [5, 5.41) is 9.11. The minimum absolute atomic E-state index is 0.203. The monoisotopic (exact) mass is 284 g/mol. The fourth-order valence-corrected chi connectivity index (χ4v) is 2.24. The van der Waals surface area contributed by atoms with E-state index >= 15 is 0 Å². The summed E-state index contributed by atoms with van der Waals surface area (Å²) >= 11 is 3.55. The molecule has 1 rings (SSSR count). The third kappa shape index (κ3) is 3.74. The molecule has 0 saturated heterocycles. The predicted molar refractivity (Wildman–Crippen MR) is 71.0 cm³/mol. The molecule has 0 spiro atoms. The first-order valence-electron chi connectivity index (χ1n) is 5.40. The predicted octanol–water partition coefficient (Wildman–Crippen LogP) is 2.57. The van der Waals surface area contributed by atoms with Gasteiger partial charge in [-0.05, 0) is 12.1 Å². The third-order valence-corrected chi connectivity index (χ3v) is 3.49. The first kappa shape index (κ1) is 13.4. The van der Waals surface area contributed by atoms with E-state index in [-0.39, 0.29) is 6.61 Å². The number of likely N-dealkylation sites (N-methyl/N-ethyl adjacent to an activating group) is 1. The number of quaternary nitrogens is 1. The van der Waals surface area contributed by atoms with Gasteiger partial charge in [-0.25, -0.2) is 0 Å². The second-order valence-corrected chi connectivity index (χ2v) is 5.14. The van der Waals surface area contributed by atoms with Crippen molar-refractivity contribution >= 4 is 15.9 Å². The number of hydrogen-bond acceptors (Lipinski definition) is 1. The molecule has 0 radical (unpaired) electrons. The molecular formula is C13H19BrNO+. The molecule has 1 N–H and O–H groups in total. The van der Waals surface area contributed by atoms with Crippen molar-refractivity contribution < 1.29 is 9.59 Å². The van der Waals surface area contributed by atoms with Gasteiger partial charge in [0.1, 0.15) is 13.1 Å². The van der Waals surface area contributed by atoms with Crippen molar-refractivity contribution in [1.29, 1.82) is 0 Å². The second kappa shape index (κ2) is 6.18. The molecule has 0 aliphatic rings. The Morgan fingerprint density at radius 1 is 1.44 bits per heavy atom. The zero-order valence-electron chi connectivity index (χ0n) is 9.69. The van der Waals surface area contributed by atoms with Gasteiger partial charge < -0.3 is 9.59 Å². The van der Waals surface area contributed by atoms with E-state index in [1.54, 1.807) is 0 Å². The van der Waals surface area contributed by atoms with Crippen LogP contribution in [0.5, 0.6) is 0 Å². The Morgan fingerprint density at radius 3 is 2.69 bits per heavy atom. The van der Waals surface area contributed by atoms with Gasteiger partial charge in [-0.1, -0.05) is 40.7 Å². The van der Waals surface area contributed by atoms with Crippen LogP contribution in [-0.2, 0) is 6.54 Å². The number of rotatable bonds is 6. The van der Waals surface area contributed by atoms with Gasteiger partial charge >= 0.3 is 0 Å². The quantitative estimate of drug-likeness (QED) is 0.629. The van der Waals surface area contributed by atoms with Crippen molar-refractivity contribution in [2.45, 2.75) is 6.54 Å². The van der Waals surface area contributed by atoms with Crippen LogP contribution in [0.25, 0.3) is 0 Å². The summed E-state index contributed by atoms with van der Waals surface area (Å²) in [5.41, 5.74) is 1.26. The molecule has 88 valence electrons. The van der Waals surface area contributed by atoms with E-state index in [2.05, 4.69) is 35.6 Å². The molecule has 2 nitrogen and oxygen atoms in total. The zero-order valence-corrected chi connectivity index (χ0v) is 11.3. The number of aliphatic hydroxyl groups excluding tert-OH is 1. The summed E-state index contributed by atoms with van der Waals surface area (Å²) in [6.07, 6.45) is 1.91. The van der Waals surface area contributed by atoms with E-state index in [1.165, 1.54) is 5.56 Å². The lowest BCUT2D eigenvalue weighted by Gasteiger charge is -2.33. The number of aliphatic hydroxyl groups is 1. The highest BCUT2D eigenvalue weighted by atomic mass is 79.9. The Balaban J connectivity index is 2.83. The van der Waals surface area contributed by atoms with Gasteiger partial charge in [0.15, 0.2) is 0 Å². The lowest BCUT2D eigenvalue weighted by molar-refractivity contribution is -0.917. The molecule has 0 unspecified atom stereocenters. The van der Waals surface area contributed by atoms with Crippen LogP contribution in [0.2, 0.25) is 0 Å². The van der Waals surface area contributed by atoms with E-state index in [0.717, 1.165) is 28.6 Å². The summed E-state index contributed by atoms with van der Waals surface area (Å²) in [5.74, 6) is 0. The highest BCUT2D eigenvalue weighted by Gasteiger charge is 2.20. The number of benzene rings is 1. The largest absolute Gasteiger partial charge is 0.391 e. The van der Waals surface area contributed by atoms with Crippen LogP contribution < -0.4 is 0 Å². The maximum Gasteiger partial charge on any atom is 0.106 e. The molecule has 0 saturated carbocycles. The van der Waals surface area contributed by atoms with Crippen molar-refractivity contribution in [3.8, 4) is 0 Å². The van der Waals surface area contributed by atoms with Crippen LogP contribution in [0.15, 0.2) is 41.4 Å². The molecule has 1 atom stereocenters. The second-order valence-electron chi connectivity index (χ2n) is 4.29. The minimum atomic E-state index is 0.203. The molecule has 0 aliphatic heterocycles. The molecule has 1 aromatic rings. The minimum Gasteiger partial charge on any atom is -0.391 e. The summed E-state index contributed by atoms with van der Waals surface area (Å²) in [6.45, 7) is 6.49. The Hall–Kier alpha value is -0.640. The first-order valence-corrected chi connectivity index (χ1v) is 6.19. The van der Waals surface area contributed by atoms with Crippen molar-refractivity contribution in [2.75, 3.05) is 26.7 Å². The Kier molecular flexibility index (Phi) is 5.19. The molecule has 3 heteroatoms. The Morgan fingerprint density at radius 2 is 2.12 bits per heavy atom.